The number of carbonyl (C=O) groups is 1. The number of hydrogen-bond donors (Lipinski definition) is 1. The molecular weight excluding hydrogens is 278 g/mol. The van der Waals surface area contributed by atoms with E-state index in [0.29, 0.717) is 12.5 Å². The van der Waals surface area contributed by atoms with E-state index in [1.165, 1.54) is 0 Å². The van der Waals surface area contributed by atoms with Gasteiger partial charge in [-0.05, 0) is 36.6 Å². The van der Waals surface area contributed by atoms with Crippen LogP contribution in [0, 0.1) is 0 Å². The molecule has 1 aromatic carbocycles. The van der Waals surface area contributed by atoms with Gasteiger partial charge in [0.25, 0.3) is 0 Å². The monoisotopic (exact) mass is 293 g/mol. The highest BCUT2D eigenvalue weighted by Crippen LogP contribution is 2.31. The van der Waals surface area contributed by atoms with Crippen LogP contribution in [-0.4, -0.2) is 32.4 Å². The second-order valence-electron chi connectivity index (χ2n) is 5.41. The number of rotatable bonds is 2. The van der Waals surface area contributed by atoms with Crippen molar-refractivity contribution in [3.05, 3.63) is 48.5 Å². The van der Waals surface area contributed by atoms with Crippen LogP contribution in [0.1, 0.15) is 24.3 Å². The fraction of sp³-hybridized carbons (Fsp3) is 0.250. The van der Waals surface area contributed by atoms with Gasteiger partial charge in [0.15, 0.2) is 0 Å². The van der Waals surface area contributed by atoms with Crippen LogP contribution in [0.5, 0.6) is 0 Å². The summed E-state index contributed by atoms with van der Waals surface area (Å²) in [6.45, 7) is 0.672. The number of aromatic amines is 1. The van der Waals surface area contributed by atoms with E-state index in [-0.39, 0.29) is 11.8 Å². The average Bonchev–Trinajstić information content (AvgIpc) is 3.03. The Kier molecular flexibility index (Phi) is 3.07. The molecule has 1 N–H and O–H groups in total. The van der Waals surface area contributed by atoms with Gasteiger partial charge in [0.05, 0.1) is 23.3 Å². The van der Waals surface area contributed by atoms with E-state index in [9.17, 15) is 4.79 Å². The van der Waals surface area contributed by atoms with E-state index in [1.54, 1.807) is 29.7 Å². The molecule has 1 unspecified atom stereocenters. The molecule has 1 atom stereocenters. The summed E-state index contributed by atoms with van der Waals surface area (Å²) in [5.74, 6) is 0.404. The lowest BCUT2D eigenvalue weighted by Crippen LogP contribution is -2.41. The SMILES string of the molecule is O=C1C(c2ccc3nc[nH]c3c2)CCCN1c1ncccn1. The number of aromatic nitrogens is 4. The highest BCUT2D eigenvalue weighted by Gasteiger charge is 2.32. The number of piperidine rings is 1. The average molecular weight is 293 g/mol. The molecule has 6 nitrogen and oxygen atoms in total. The van der Waals surface area contributed by atoms with E-state index in [1.807, 2.05) is 18.2 Å². The highest BCUT2D eigenvalue weighted by atomic mass is 16.2. The van der Waals surface area contributed by atoms with Crippen LogP contribution in [0.25, 0.3) is 11.0 Å². The molecule has 3 heterocycles. The number of imidazole rings is 1. The molecule has 110 valence electrons. The first kappa shape index (κ1) is 12.9. The van der Waals surface area contributed by atoms with Gasteiger partial charge < -0.3 is 4.98 Å². The molecule has 0 spiro atoms. The number of carbonyl (C=O) groups excluding carboxylic acids is 1. The molecule has 2 aromatic heterocycles. The topological polar surface area (TPSA) is 74.8 Å². The van der Waals surface area contributed by atoms with Gasteiger partial charge >= 0.3 is 0 Å². The van der Waals surface area contributed by atoms with Crippen molar-refractivity contribution in [2.45, 2.75) is 18.8 Å². The lowest BCUT2D eigenvalue weighted by Gasteiger charge is -2.30. The van der Waals surface area contributed by atoms with Gasteiger partial charge in [-0.2, -0.15) is 0 Å². The second kappa shape index (κ2) is 5.22. The normalized spacial score (nSPS) is 18.8. The summed E-state index contributed by atoms with van der Waals surface area (Å²) < 4.78 is 0. The van der Waals surface area contributed by atoms with E-state index in [4.69, 9.17) is 0 Å². The largest absolute Gasteiger partial charge is 0.345 e. The van der Waals surface area contributed by atoms with E-state index >= 15 is 0 Å². The lowest BCUT2D eigenvalue weighted by atomic mass is 9.89. The molecule has 1 amide bonds. The van der Waals surface area contributed by atoms with Crippen molar-refractivity contribution < 1.29 is 4.79 Å². The molecule has 0 radical (unpaired) electrons. The second-order valence-corrected chi connectivity index (χ2v) is 5.41. The highest BCUT2D eigenvalue weighted by molar-refractivity contribution is 5.97. The van der Waals surface area contributed by atoms with Gasteiger partial charge in [0.2, 0.25) is 11.9 Å². The number of nitrogens with one attached hydrogen (secondary N) is 1. The molecular formula is C16H15N5O. The zero-order valence-corrected chi connectivity index (χ0v) is 11.9. The molecule has 6 heteroatoms. The number of nitrogens with zero attached hydrogens (tertiary/aromatic N) is 4. The van der Waals surface area contributed by atoms with Crippen molar-refractivity contribution in [2.24, 2.45) is 0 Å². The smallest absolute Gasteiger partial charge is 0.236 e. The predicted molar refractivity (Wildman–Crippen MR) is 82.5 cm³/mol. The maximum atomic E-state index is 12.8. The zero-order valence-electron chi connectivity index (χ0n) is 11.9. The Balaban J connectivity index is 1.68. The fourth-order valence-electron chi connectivity index (χ4n) is 2.98. The number of H-pyrrole nitrogens is 1. The summed E-state index contributed by atoms with van der Waals surface area (Å²) in [5.41, 5.74) is 2.89. The molecule has 3 aromatic rings. The minimum atomic E-state index is -0.148. The van der Waals surface area contributed by atoms with Crippen LogP contribution < -0.4 is 4.90 Å². The molecule has 1 aliphatic heterocycles. The Morgan fingerprint density at radius 1 is 1.18 bits per heavy atom. The van der Waals surface area contributed by atoms with Crippen LogP contribution in [0.4, 0.5) is 5.95 Å². The lowest BCUT2D eigenvalue weighted by molar-refractivity contribution is -0.121. The minimum absolute atomic E-state index is 0.0660. The summed E-state index contributed by atoms with van der Waals surface area (Å²) >= 11 is 0. The first-order valence-electron chi connectivity index (χ1n) is 7.34. The van der Waals surface area contributed by atoms with Crippen LogP contribution in [-0.2, 0) is 4.79 Å². The van der Waals surface area contributed by atoms with E-state index in [0.717, 1.165) is 29.4 Å². The molecule has 0 saturated carbocycles. The third kappa shape index (κ3) is 2.13. The maximum absolute atomic E-state index is 12.8. The third-order valence-corrected chi connectivity index (χ3v) is 4.08. The summed E-state index contributed by atoms with van der Waals surface area (Å²) in [7, 11) is 0. The van der Waals surface area contributed by atoms with Crippen molar-refractivity contribution in [3.8, 4) is 0 Å². The number of fused-ring (bicyclic) bond motifs is 1. The molecule has 4 rings (SSSR count). The molecule has 1 saturated heterocycles. The molecule has 0 bridgehead atoms. The van der Waals surface area contributed by atoms with Crippen LogP contribution in [0.15, 0.2) is 43.0 Å². The number of hydrogen-bond acceptors (Lipinski definition) is 4. The number of amides is 1. The van der Waals surface area contributed by atoms with Crippen LogP contribution in [0.2, 0.25) is 0 Å². The van der Waals surface area contributed by atoms with Gasteiger partial charge in [-0.15, -0.1) is 0 Å². The van der Waals surface area contributed by atoms with Crippen LogP contribution in [0.3, 0.4) is 0 Å². The van der Waals surface area contributed by atoms with Crippen molar-refractivity contribution in [1.82, 2.24) is 19.9 Å². The fourth-order valence-corrected chi connectivity index (χ4v) is 2.98. The van der Waals surface area contributed by atoms with Crippen molar-refractivity contribution in [3.63, 3.8) is 0 Å². The standard InChI is InChI=1S/C16H15N5O/c22-15-12(11-4-5-13-14(9-11)20-10-19-13)3-1-8-21(15)16-17-6-2-7-18-16/h2,4-7,9-10,12H,1,3,8H2,(H,19,20). The maximum Gasteiger partial charge on any atom is 0.236 e. The predicted octanol–water partition coefficient (Wildman–Crippen LogP) is 2.26. The van der Waals surface area contributed by atoms with Gasteiger partial charge in [-0.3, -0.25) is 9.69 Å². The minimum Gasteiger partial charge on any atom is -0.345 e. The molecule has 1 aliphatic rings. The Morgan fingerprint density at radius 2 is 2.05 bits per heavy atom. The summed E-state index contributed by atoms with van der Waals surface area (Å²) in [6.07, 6.45) is 6.78. The van der Waals surface area contributed by atoms with Gasteiger partial charge in [-0.1, -0.05) is 6.07 Å². The molecule has 1 fully saturated rings. The van der Waals surface area contributed by atoms with Gasteiger partial charge in [-0.25, -0.2) is 15.0 Å². The first-order valence-corrected chi connectivity index (χ1v) is 7.34. The third-order valence-electron chi connectivity index (χ3n) is 4.08. The van der Waals surface area contributed by atoms with Gasteiger partial charge in [0, 0.05) is 18.9 Å². The van der Waals surface area contributed by atoms with Crippen molar-refractivity contribution in [1.29, 1.82) is 0 Å². The molecule has 22 heavy (non-hydrogen) atoms. The zero-order chi connectivity index (χ0) is 14.9. The summed E-state index contributed by atoms with van der Waals surface area (Å²) in [6, 6.07) is 7.70. The Hall–Kier alpha value is -2.76. The molecule has 0 aliphatic carbocycles. The quantitative estimate of drug-likeness (QED) is 0.786. The Morgan fingerprint density at radius 3 is 2.91 bits per heavy atom. The first-order chi connectivity index (χ1) is 10.8. The van der Waals surface area contributed by atoms with Crippen molar-refractivity contribution in [2.75, 3.05) is 11.4 Å². The summed E-state index contributed by atoms with van der Waals surface area (Å²) in [4.78, 5) is 30.2. The Bertz CT molecular complexity index is 814. The number of anilines is 1. The van der Waals surface area contributed by atoms with E-state index < -0.39 is 0 Å². The Labute approximate surface area is 127 Å². The van der Waals surface area contributed by atoms with E-state index in [2.05, 4.69) is 19.9 Å². The van der Waals surface area contributed by atoms with Crippen LogP contribution >= 0.6 is 0 Å². The number of benzene rings is 1. The van der Waals surface area contributed by atoms with Crippen molar-refractivity contribution >= 4 is 22.9 Å². The summed E-state index contributed by atoms with van der Waals surface area (Å²) in [5, 5.41) is 0. The van der Waals surface area contributed by atoms with Gasteiger partial charge in [0.1, 0.15) is 0 Å².